The van der Waals surface area contributed by atoms with Gasteiger partial charge in [0.1, 0.15) is 4.90 Å². The van der Waals surface area contributed by atoms with E-state index in [1.807, 2.05) is 0 Å². The van der Waals surface area contributed by atoms with Crippen molar-refractivity contribution >= 4 is 15.9 Å². The number of nitrogens with one attached hydrogen (secondary N) is 1. The highest BCUT2D eigenvalue weighted by molar-refractivity contribution is 7.89. The third kappa shape index (κ3) is 2.54. The number of hydrogen-bond donors (Lipinski definition) is 1. The van der Waals surface area contributed by atoms with Gasteiger partial charge >= 0.3 is 0 Å². The normalized spacial score (nSPS) is 29.3. The molecule has 0 spiro atoms. The van der Waals surface area contributed by atoms with E-state index in [0.29, 0.717) is 6.42 Å². The van der Waals surface area contributed by atoms with Crippen LogP contribution in [-0.2, 0) is 19.6 Å². The first-order valence-electron chi connectivity index (χ1n) is 6.79. The lowest BCUT2D eigenvalue weighted by atomic mass is 10.00. The number of sulfonamides is 1. The molecule has 0 unspecified atom stereocenters. The van der Waals surface area contributed by atoms with Crippen LogP contribution in [0.15, 0.2) is 29.4 Å². The van der Waals surface area contributed by atoms with Gasteiger partial charge in [-0.25, -0.2) is 8.42 Å². The molecule has 2 saturated heterocycles. The molecule has 1 amide bonds. The van der Waals surface area contributed by atoms with Crippen molar-refractivity contribution < 1.29 is 17.9 Å². The largest absolute Gasteiger partial charge is 0.371 e. The Morgan fingerprint density at radius 2 is 2.29 bits per heavy atom. The lowest BCUT2D eigenvalue weighted by Crippen LogP contribution is -2.47. The van der Waals surface area contributed by atoms with E-state index in [9.17, 15) is 13.2 Å². The molecular weight excluding hydrogens is 294 g/mol. The van der Waals surface area contributed by atoms with E-state index in [4.69, 9.17) is 4.74 Å². The van der Waals surface area contributed by atoms with Crippen molar-refractivity contribution in [2.75, 3.05) is 20.1 Å². The van der Waals surface area contributed by atoms with E-state index < -0.39 is 10.0 Å². The molecular formula is C13H17N3O4S. The number of carbonyl (C=O) groups is 1. The number of nitrogens with zero attached hydrogens (tertiary/aromatic N) is 2. The molecule has 3 atom stereocenters. The third-order valence-corrected chi connectivity index (χ3v) is 5.79. The molecule has 2 aliphatic heterocycles. The van der Waals surface area contributed by atoms with Crippen LogP contribution in [-0.4, -0.2) is 56.0 Å². The maximum Gasteiger partial charge on any atom is 0.244 e. The van der Waals surface area contributed by atoms with Crippen molar-refractivity contribution in [1.82, 2.24) is 14.6 Å². The fourth-order valence-electron chi connectivity index (χ4n) is 2.93. The highest BCUT2D eigenvalue weighted by atomic mass is 32.2. The van der Waals surface area contributed by atoms with Crippen molar-refractivity contribution in [3.05, 3.63) is 24.5 Å². The van der Waals surface area contributed by atoms with Crippen LogP contribution in [0.1, 0.15) is 6.42 Å². The molecule has 0 aliphatic carbocycles. The standard InChI is InChI=1S/C13H17N3O4S/c1-14-13(17)11-5-9-7-16(8-12(11)20-9)21(18,19)10-3-2-4-15-6-10/h2-4,6,9,11-12H,5,7-8H2,1H3,(H,14,17)/t9-,11+,12-/m0/s1. The van der Waals surface area contributed by atoms with E-state index in [-0.39, 0.29) is 42.0 Å². The number of rotatable bonds is 3. The van der Waals surface area contributed by atoms with E-state index >= 15 is 0 Å². The van der Waals surface area contributed by atoms with E-state index in [1.165, 1.54) is 22.8 Å². The Morgan fingerprint density at radius 1 is 1.48 bits per heavy atom. The average Bonchev–Trinajstić information content (AvgIpc) is 2.81. The molecule has 7 nitrogen and oxygen atoms in total. The van der Waals surface area contributed by atoms with Gasteiger partial charge in [-0.3, -0.25) is 9.78 Å². The molecule has 2 bridgehead atoms. The van der Waals surface area contributed by atoms with Crippen molar-refractivity contribution in [3.8, 4) is 0 Å². The molecule has 0 aromatic carbocycles. The van der Waals surface area contributed by atoms with Gasteiger partial charge in [0.15, 0.2) is 0 Å². The number of amides is 1. The summed E-state index contributed by atoms with van der Waals surface area (Å²) in [6, 6.07) is 3.12. The summed E-state index contributed by atoms with van der Waals surface area (Å²) in [4.78, 5) is 15.8. The molecule has 2 aliphatic rings. The average molecular weight is 311 g/mol. The topological polar surface area (TPSA) is 88.6 Å². The summed E-state index contributed by atoms with van der Waals surface area (Å²) in [7, 11) is -2.01. The lowest BCUT2D eigenvalue weighted by Gasteiger charge is -2.31. The van der Waals surface area contributed by atoms with Gasteiger partial charge in [0.2, 0.25) is 15.9 Å². The number of aromatic nitrogens is 1. The van der Waals surface area contributed by atoms with E-state index in [0.717, 1.165) is 0 Å². The van der Waals surface area contributed by atoms with Gasteiger partial charge in [0, 0.05) is 32.5 Å². The Balaban J connectivity index is 1.82. The quantitative estimate of drug-likeness (QED) is 0.821. The Labute approximate surface area is 123 Å². The smallest absolute Gasteiger partial charge is 0.244 e. The Bertz CT molecular complexity index is 634. The van der Waals surface area contributed by atoms with Crippen LogP contribution >= 0.6 is 0 Å². The summed E-state index contributed by atoms with van der Waals surface area (Å²) in [6.45, 7) is 0.479. The molecule has 21 heavy (non-hydrogen) atoms. The van der Waals surface area contributed by atoms with Gasteiger partial charge in [0.05, 0.1) is 18.1 Å². The zero-order valence-electron chi connectivity index (χ0n) is 11.6. The second-order valence-electron chi connectivity index (χ2n) is 5.26. The minimum absolute atomic E-state index is 0.0943. The number of pyridine rings is 1. The molecule has 2 fully saturated rings. The maximum absolute atomic E-state index is 12.6. The highest BCUT2D eigenvalue weighted by Gasteiger charge is 2.47. The van der Waals surface area contributed by atoms with Crippen LogP contribution in [0.4, 0.5) is 0 Å². The fraction of sp³-hybridized carbons (Fsp3) is 0.538. The van der Waals surface area contributed by atoms with Crippen LogP contribution in [0.3, 0.4) is 0 Å². The monoisotopic (exact) mass is 311 g/mol. The zero-order chi connectivity index (χ0) is 15.0. The van der Waals surface area contributed by atoms with Gasteiger partial charge < -0.3 is 10.1 Å². The van der Waals surface area contributed by atoms with Crippen molar-refractivity contribution in [3.63, 3.8) is 0 Å². The SMILES string of the molecule is CNC(=O)[C@@H]1C[C@H]2CN(S(=O)(=O)c3cccnc3)C[C@@H]1O2. The molecule has 3 rings (SSSR count). The summed E-state index contributed by atoms with van der Waals surface area (Å²) >= 11 is 0. The summed E-state index contributed by atoms with van der Waals surface area (Å²) in [6.07, 6.45) is 2.82. The molecule has 8 heteroatoms. The molecule has 1 N–H and O–H groups in total. The third-order valence-electron chi connectivity index (χ3n) is 3.98. The summed E-state index contributed by atoms with van der Waals surface area (Å²) < 4.78 is 32.3. The summed E-state index contributed by atoms with van der Waals surface area (Å²) in [5, 5.41) is 2.61. The zero-order valence-corrected chi connectivity index (χ0v) is 12.4. The fourth-order valence-corrected chi connectivity index (χ4v) is 4.38. The first-order valence-corrected chi connectivity index (χ1v) is 8.23. The molecule has 1 aromatic rings. The van der Waals surface area contributed by atoms with Gasteiger partial charge in [0.25, 0.3) is 0 Å². The summed E-state index contributed by atoms with van der Waals surface area (Å²) in [5.41, 5.74) is 0. The number of hydrogen-bond acceptors (Lipinski definition) is 5. The lowest BCUT2D eigenvalue weighted by molar-refractivity contribution is -0.126. The van der Waals surface area contributed by atoms with Gasteiger partial charge in [-0.1, -0.05) is 0 Å². The first-order chi connectivity index (χ1) is 10.0. The Hall–Kier alpha value is -1.51. The Morgan fingerprint density at radius 3 is 2.95 bits per heavy atom. The maximum atomic E-state index is 12.6. The van der Waals surface area contributed by atoms with Crippen LogP contribution in [0.25, 0.3) is 0 Å². The predicted octanol–water partition coefficient (Wildman–Crippen LogP) is -0.394. The predicted molar refractivity (Wildman–Crippen MR) is 73.8 cm³/mol. The van der Waals surface area contributed by atoms with Crippen molar-refractivity contribution in [2.45, 2.75) is 23.5 Å². The van der Waals surface area contributed by atoms with Crippen molar-refractivity contribution in [2.24, 2.45) is 5.92 Å². The van der Waals surface area contributed by atoms with Crippen LogP contribution in [0.5, 0.6) is 0 Å². The highest BCUT2D eigenvalue weighted by Crippen LogP contribution is 2.34. The van der Waals surface area contributed by atoms with Gasteiger partial charge in [-0.2, -0.15) is 4.31 Å². The number of ether oxygens (including phenoxy) is 1. The number of fused-ring (bicyclic) bond motifs is 2. The van der Waals surface area contributed by atoms with E-state index in [1.54, 1.807) is 13.1 Å². The van der Waals surface area contributed by atoms with Crippen LogP contribution in [0.2, 0.25) is 0 Å². The number of carbonyl (C=O) groups excluding carboxylic acids is 1. The van der Waals surface area contributed by atoms with E-state index in [2.05, 4.69) is 10.3 Å². The minimum Gasteiger partial charge on any atom is -0.371 e. The molecule has 114 valence electrons. The molecule has 0 radical (unpaired) electrons. The second-order valence-corrected chi connectivity index (χ2v) is 7.20. The van der Waals surface area contributed by atoms with Gasteiger partial charge in [-0.05, 0) is 18.6 Å². The number of morpholine rings is 1. The van der Waals surface area contributed by atoms with Crippen LogP contribution < -0.4 is 5.32 Å². The van der Waals surface area contributed by atoms with Crippen molar-refractivity contribution in [1.29, 1.82) is 0 Å². The first kappa shape index (κ1) is 14.4. The molecule has 0 saturated carbocycles. The molecule has 1 aromatic heterocycles. The molecule has 3 heterocycles. The minimum atomic E-state index is -3.58. The summed E-state index contributed by atoms with van der Waals surface area (Å²) in [5.74, 6) is -0.378. The van der Waals surface area contributed by atoms with Gasteiger partial charge in [-0.15, -0.1) is 0 Å². The second kappa shape index (κ2) is 5.36. The Kier molecular flexibility index (Phi) is 3.68. The van der Waals surface area contributed by atoms with Crippen LogP contribution in [0, 0.1) is 5.92 Å².